The van der Waals surface area contributed by atoms with Gasteiger partial charge in [-0.3, -0.25) is 19.6 Å². The molecule has 0 spiro atoms. The zero-order valence-electron chi connectivity index (χ0n) is 21.1. The number of carbonyl (C=O) groups is 1. The number of hydrogen-bond donors (Lipinski definition) is 1. The van der Waals surface area contributed by atoms with Crippen molar-refractivity contribution in [3.63, 3.8) is 0 Å². The van der Waals surface area contributed by atoms with E-state index in [9.17, 15) is 18.0 Å². The van der Waals surface area contributed by atoms with E-state index in [0.29, 0.717) is 24.5 Å². The van der Waals surface area contributed by atoms with Gasteiger partial charge in [-0.25, -0.2) is 4.98 Å². The van der Waals surface area contributed by atoms with Crippen molar-refractivity contribution < 1.29 is 18.0 Å². The summed E-state index contributed by atoms with van der Waals surface area (Å²) >= 11 is 0. The lowest BCUT2D eigenvalue weighted by Gasteiger charge is -2.40. The first-order valence-corrected chi connectivity index (χ1v) is 12.6. The monoisotopic (exact) mass is 500 g/mol. The van der Waals surface area contributed by atoms with E-state index >= 15 is 0 Å². The van der Waals surface area contributed by atoms with E-state index in [1.54, 1.807) is 35.5 Å². The first-order chi connectivity index (χ1) is 17.0. The predicted molar refractivity (Wildman–Crippen MR) is 140 cm³/mol. The summed E-state index contributed by atoms with van der Waals surface area (Å²) < 4.78 is 39.4. The maximum Gasteiger partial charge on any atom is 0.403 e. The van der Waals surface area contributed by atoms with Crippen LogP contribution in [-0.2, 0) is 0 Å². The van der Waals surface area contributed by atoms with Crippen molar-refractivity contribution in [2.75, 3.05) is 42.9 Å². The zero-order valence-corrected chi connectivity index (χ0v) is 21.1. The Labute approximate surface area is 212 Å². The second-order valence-electron chi connectivity index (χ2n) is 10.3. The lowest BCUT2D eigenvalue weighted by atomic mass is 9.59. The van der Waals surface area contributed by atoms with Crippen molar-refractivity contribution in [1.29, 1.82) is 0 Å². The van der Waals surface area contributed by atoms with Crippen LogP contribution in [0, 0.1) is 0 Å². The molecular formula is C24H33B2F3N6O. The minimum absolute atomic E-state index is 0.187. The Morgan fingerprint density at radius 1 is 1.08 bits per heavy atom. The largest absolute Gasteiger partial charge is 0.403 e. The highest BCUT2D eigenvalue weighted by atomic mass is 19.4. The number of pyridine rings is 2. The number of alkyl halides is 3. The van der Waals surface area contributed by atoms with Crippen molar-refractivity contribution in [3.8, 4) is 0 Å². The molecule has 36 heavy (non-hydrogen) atoms. The minimum atomic E-state index is -4.18. The average molecular weight is 500 g/mol. The molecule has 4 heterocycles. The highest BCUT2D eigenvalue weighted by Crippen LogP contribution is 2.30. The van der Waals surface area contributed by atoms with Gasteiger partial charge in [0, 0.05) is 50.3 Å². The van der Waals surface area contributed by atoms with Gasteiger partial charge in [0.15, 0.2) is 0 Å². The Morgan fingerprint density at radius 2 is 1.78 bits per heavy atom. The first-order valence-electron chi connectivity index (χ1n) is 12.6. The van der Waals surface area contributed by atoms with E-state index in [-0.39, 0.29) is 17.3 Å². The van der Waals surface area contributed by atoms with Gasteiger partial charge in [-0.1, -0.05) is 6.07 Å². The van der Waals surface area contributed by atoms with Crippen LogP contribution in [0.15, 0.2) is 42.7 Å². The Hall–Kier alpha value is -2.59. The quantitative estimate of drug-likeness (QED) is 0.630. The lowest BCUT2D eigenvalue weighted by Crippen LogP contribution is -2.51. The van der Waals surface area contributed by atoms with Crippen LogP contribution >= 0.6 is 0 Å². The molecule has 0 bridgehead atoms. The van der Waals surface area contributed by atoms with Gasteiger partial charge in [0.25, 0.3) is 5.91 Å². The van der Waals surface area contributed by atoms with Gasteiger partial charge in [-0.15, -0.1) is 0 Å². The van der Waals surface area contributed by atoms with Crippen LogP contribution in [0.5, 0.6) is 0 Å². The molecule has 2 aliphatic heterocycles. The maximum absolute atomic E-state index is 13.1. The number of halogens is 3. The van der Waals surface area contributed by atoms with E-state index in [0.717, 1.165) is 44.7 Å². The fraction of sp³-hybridized carbons (Fsp3) is 0.542. The van der Waals surface area contributed by atoms with Crippen molar-refractivity contribution in [2.24, 2.45) is 0 Å². The van der Waals surface area contributed by atoms with Gasteiger partial charge in [-0.2, -0.15) is 13.2 Å². The van der Waals surface area contributed by atoms with Crippen molar-refractivity contribution >= 4 is 33.1 Å². The summed E-state index contributed by atoms with van der Waals surface area (Å²) in [5.41, 5.74) is 0.996. The number of piperidine rings is 1. The molecule has 1 atom stereocenters. The molecule has 7 nitrogen and oxygen atoms in total. The zero-order chi connectivity index (χ0) is 25.9. The van der Waals surface area contributed by atoms with Gasteiger partial charge < -0.3 is 10.2 Å². The SMILES string of the molecule is BC1(B)CCN(C2CCN([C@@H](C)C(F)(F)F)CC2)CCN1c1cccc(C(=O)Nc2ccncc2)n1. The average Bonchev–Trinajstić information content (AvgIpc) is 3.01. The molecule has 0 aromatic carbocycles. The summed E-state index contributed by atoms with van der Waals surface area (Å²) in [6.45, 7) is 4.60. The van der Waals surface area contributed by atoms with Crippen LogP contribution in [-0.4, -0.2) is 97.7 Å². The van der Waals surface area contributed by atoms with Crippen LogP contribution in [0.2, 0.25) is 0 Å². The molecule has 2 saturated heterocycles. The van der Waals surface area contributed by atoms with Gasteiger partial charge in [-0.05, 0) is 62.3 Å². The number of hydrogen-bond acceptors (Lipinski definition) is 6. The standard InChI is InChI=1S/C24H33B2F3N6O/c1-17(24(27,28)29)33-12-7-19(8-13-33)34-14-9-23(25,26)35(16-15-34)21-4-2-3-20(32-21)22(36)31-18-5-10-30-11-6-18/h2-6,10-11,17,19H,7-9,12-16,25-26H2,1H3,(H,30,31,36)/t17-/m0/s1. The van der Waals surface area contributed by atoms with Gasteiger partial charge in [0.1, 0.15) is 33.2 Å². The van der Waals surface area contributed by atoms with Crippen molar-refractivity contribution in [2.45, 2.75) is 49.8 Å². The molecule has 0 aliphatic carbocycles. The van der Waals surface area contributed by atoms with E-state index < -0.39 is 12.2 Å². The van der Waals surface area contributed by atoms with Gasteiger partial charge >= 0.3 is 6.18 Å². The molecule has 0 saturated carbocycles. The Bertz CT molecular complexity index is 1030. The molecule has 2 aromatic rings. The molecule has 0 radical (unpaired) electrons. The molecule has 2 aliphatic rings. The van der Waals surface area contributed by atoms with E-state index in [4.69, 9.17) is 0 Å². The topological polar surface area (TPSA) is 64.6 Å². The number of likely N-dealkylation sites (tertiary alicyclic amines) is 1. The molecule has 192 valence electrons. The van der Waals surface area contributed by atoms with E-state index in [1.807, 2.05) is 12.1 Å². The van der Waals surface area contributed by atoms with Crippen molar-refractivity contribution in [3.05, 3.63) is 48.4 Å². The fourth-order valence-electron chi connectivity index (χ4n) is 5.16. The Kier molecular flexibility index (Phi) is 7.94. The molecule has 4 rings (SSSR count). The number of aromatic nitrogens is 2. The summed E-state index contributed by atoms with van der Waals surface area (Å²) in [6, 6.07) is 7.81. The number of amides is 1. The lowest BCUT2D eigenvalue weighted by molar-refractivity contribution is -0.182. The highest BCUT2D eigenvalue weighted by molar-refractivity contribution is 6.41. The number of anilines is 2. The predicted octanol–water partition coefficient (Wildman–Crippen LogP) is 1.58. The Balaban J connectivity index is 1.41. The third kappa shape index (κ3) is 6.21. The molecule has 12 heteroatoms. The second kappa shape index (κ2) is 10.8. The third-order valence-corrected chi connectivity index (χ3v) is 7.57. The highest BCUT2D eigenvalue weighted by Gasteiger charge is 2.42. The van der Waals surface area contributed by atoms with Crippen molar-refractivity contribution in [1.82, 2.24) is 19.8 Å². The van der Waals surface area contributed by atoms with Crippen LogP contribution in [0.3, 0.4) is 0 Å². The number of rotatable bonds is 5. The molecule has 2 aromatic heterocycles. The van der Waals surface area contributed by atoms with Crippen LogP contribution in [0.1, 0.15) is 36.7 Å². The van der Waals surface area contributed by atoms with Gasteiger partial charge in [0.05, 0.1) is 0 Å². The minimum Gasteiger partial charge on any atom is -0.366 e. The van der Waals surface area contributed by atoms with E-state index in [1.165, 1.54) is 6.92 Å². The molecule has 2 fully saturated rings. The molecule has 1 amide bonds. The maximum atomic E-state index is 13.1. The third-order valence-electron chi connectivity index (χ3n) is 7.57. The molecular weight excluding hydrogens is 467 g/mol. The summed E-state index contributed by atoms with van der Waals surface area (Å²) in [4.78, 5) is 27.7. The summed E-state index contributed by atoms with van der Waals surface area (Å²) in [6.07, 6.45) is 1.42. The number of carbonyl (C=O) groups excluding carboxylic acids is 1. The number of nitrogens with one attached hydrogen (secondary N) is 1. The summed E-state index contributed by atoms with van der Waals surface area (Å²) in [5, 5.41) is 2.66. The van der Waals surface area contributed by atoms with Gasteiger partial charge in [0.2, 0.25) is 0 Å². The van der Waals surface area contributed by atoms with Crippen LogP contribution in [0.4, 0.5) is 24.7 Å². The molecule has 0 unspecified atom stereocenters. The summed E-state index contributed by atoms with van der Waals surface area (Å²) in [5.74, 6) is 0.468. The van der Waals surface area contributed by atoms with E-state index in [2.05, 4.69) is 40.8 Å². The normalized spacial score (nSPS) is 21.1. The smallest absolute Gasteiger partial charge is 0.366 e. The Morgan fingerprint density at radius 3 is 2.44 bits per heavy atom. The fourth-order valence-corrected chi connectivity index (χ4v) is 5.16. The second-order valence-corrected chi connectivity index (χ2v) is 10.3. The first kappa shape index (κ1) is 26.5. The summed E-state index contributed by atoms with van der Waals surface area (Å²) in [7, 11) is 4.35. The van der Waals surface area contributed by atoms with Crippen LogP contribution < -0.4 is 10.2 Å². The molecule has 1 N–H and O–H groups in total. The van der Waals surface area contributed by atoms with Crippen LogP contribution in [0.25, 0.3) is 0 Å². The number of nitrogens with zero attached hydrogens (tertiary/aromatic N) is 5.